The van der Waals surface area contributed by atoms with Crippen LogP contribution in [0.5, 0.6) is 0 Å². The molecule has 4 rings (SSSR count). The van der Waals surface area contributed by atoms with Crippen molar-refractivity contribution in [1.82, 2.24) is 15.0 Å². The Kier molecular flexibility index (Phi) is 6.55. The topological polar surface area (TPSA) is 119 Å². The summed E-state index contributed by atoms with van der Waals surface area (Å²) in [7, 11) is -3.28. The van der Waals surface area contributed by atoms with Crippen LogP contribution in [0, 0.1) is 13.8 Å². The predicted octanol–water partition coefficient (Wildman–Crippen LogP) is 3.55. The largest absolute Gasteiger partial charge is 0.310 e. The zero-order chi connectivity index (χ0) is 25.4. The molecular formula is C26H28N4O4S. The normalized spacial score (nSPS) is 17.7. The van der Waals surface area contributed by atoms with Crippen LogP contribution in [0.4, 0.5) is 5.82 Å². The Morgan fingerprint density at radius 3 is 2.43 bits per heavy atom. The minimum atomic E-state index is -3.28. The molecule has 2 heterocycles. The highest BCUT2D eigenvalue weighted by molar-refractivity contribution is 7.91. The molecule has 3 aromatic rings. The molecule has 1 atom stereocenters. The van der Waals surface area contributed by atoms with Crippen LogP contribution in [0.1, 0.15) is 59.1 Å². The average Bonchev–Trinajstić information content (AvgIpc) is 2.81. The van der Waals surface area contributed by atoms with Gasteiger partial charge in [-0.1, -0.05) is 19.1 Å². The first-order valence-corrected chi connectivity index (χ1v) is 13.2. The van der Waals surface area contributed by atoms with Crippen molar-refractivity contribution in [3.63, 3.8) is 0 Å². The Morgan fingerprint density at radius 2 is 1.77 bits per heavy atom. The van der Waals surface area contributed by atoms with Crippen LogP contribution >= 0.6 is 0 Å². The number of rotatable bonds is 6. The second kappa shape index (κ2) is 9.30. The third kappa shape index (κ3) is 5.00. The molecule has 35 heavy (non-hydrogen) atoms. The van der Waals surface area contributed by atoms with Gasteiger partial charge < -0.3 is 5.32 Å². The van der Waals surface area contributed by atoms with Gasteiger partial charge >= 0.3 is 0 Å². The van der Waals surface area contributed by atoms with Gasteiger partial charge in [0.1, 0.15) is 11.6 Å². The molecule has 1 aliphatic rings. The Bertz CT molecular complexity index is 1400. The van der Waals surface area contributed by atoms with Gasteiger partial charge in [0.15, 0.2) is 15.6 Å². The van der Waals surface area contributed by atoms with Crippen molar-refractivity contribution < 1.29 is 18.0 Å². The number of aromatic nitrogens is 3. The molecule has 8 nitrogen and oxygen atoms in total. The summed E-state index contributed by atoms with van der Waals surface area (Å²) in [6, 6.07) is 11.5. The van der Waals surface area contributed by atoms with Crippen LogP contribution in [0.2, 0.25) is 0 Å². The first kappa shape index (κ1) is 24.7. The number of nitrogens with zero attached hydrogens (tertiary/aromatic N) is 3. The van der Waals surface area contributed by atoms with E-state index in [4.69, 9.17) is 0 Å². The minimum Gasteiger partial charge on any atom is -0.310 e. The summed E-state index contributed by atoms with van der Waals surface area (Å²) in [6.45, 7) is 7.21. The summed E-state index contributed by atoms with van der Waals surface area (Å²) >= 11 is 0. The summed E-state index contributed by atoms with van der Waals surface area (Å²) in [5.41, 5.74) is 2.67. The van der Waals surface area contributed by atoms with E-state index < -0.39 is 15.3 Å². The number of benzene rings is 1. The highest BCUT2D eigenvalue weighted by atomic mass is 32.2. The highest BCUT2D eigenvalue weighted by Crippen LogP contribution is 2.37. The lowest BCUT2D eigenvalue weighted by Gasteiger charge is -2.32. The smallest absolute Gasteiger partial charge is 0.229 e. The van der Waals surface area contributed by atoms with Gasteiger partial charge in [0.25, 0.3) is 0 Å². The number of hydrogen-bond donors (Lipinski definition) is 1. The van der Waals surface area contributed by atoms with Crippen LogP contribution in [0.25, 0.3) is 0 Å². The molecule has 182 valence electrons. The summed E-state index contributed by atoms with van der Waals surface area (Å²) in [5.74, 6) is 0.726. The number of Topliss-reactive ketones (excluding diaryl/α,β-unsaturated/α-hetero) is 1. The fourth-order valence-electron chi connectivity index (χ4n) is 4.35. The fourth-order valence-corrected chi connectivity index (χ4v) is 5.23. The first-order valence-electron chi connectivity index (χ1n) is 11.5. The molecule has 1 unspecified atom stereocenters. The standard InChI is InChI=1S/C26H28N4O4S/c1-5-35(33,34)19-8-6-18(7-9-19)15-24(31)30-23-11-10-20-21(29-23)12-13-26(4,25(20)32)22-14-16(2)27-17(3)28-22/h6-11,14H,5,12-13,15H2,1-4H3,(H,29,30,31). The van der Waals surface area contributed by atoms with E-state index in [9.17, 15) is 18.0 Å². The van der Waals surface area contributed by atoms with E-state index in [-0.39, 0.29) is 28.8 Å². The van der Waals surface area contributed by atoms with Crippen LogP contribution in [-0.2, 0) is 32.9 Å². The van der Waals surface area contributed by atoms with Gasteiger partial charge in [-0.15, -0.1) is 0 Å². The molecule has 1 aromatic carbocycles. The molecule has 1 aliphatic carbocycles. The van der Waals surface area contributed by atoms with Crippen LogP contribution in [0.3, 0.4) is 0 Å². The second-order valence-corrected chi connectivity index (χ2v) is 11.3. The van der Waals surface area contributed by atoms with E-state index in [2.05, 4.69) is 20.3 Å². The van der Waals surface area contributed by atoms with Crippen molar-refractivity contribution in [2.75, 3.05) is 11.1 Å². The highest BCUT2D eigenvalue weighted by Gasteiger charge is 2.42. The number of fused-ring (bicyclic) bond motifs is 1. The minimum absolute atomic E-state index is 0.0246. The number of amides is 1. The number of hydrogen-bond acceptors (Lipinski definition) is 7. The molecule has 0 bridgehead atoms. The van der Waals surface area contributed by atoms with Gasteiger partial charge in [-0.3, -0.25) is 9.59 Å². The van der Waals surface area contributed by atoms with Gasteiger partial charge in [-0.05, 0) is 69.5 Å². The van der Waals surface area contributed by atoms with Crippen molar-refractivity contribution in [3.8, 4) is 0 Å². The molecule has 1 amide bonds. The number of aryl methyl sites for hydroxylation is 3. The molecule has 0 saturated carbocycles. The van der Waals surface area contributed by atoms with E-state index in [1.165, 1.54) is 12.1 Å². The summed E-state index contributed by atoms with van der Waals surface area (Å²) in [4.78, 5) is 39.6. The molecule has 9 heteroatoms. The van der Waals surface area contributed by atoms with Gasteiger partial charge in [0, 0.05) is 11.3 Å². The maximum Gasteiger partial charge on any atom is 0.229 e. The summed E-state index contributed by atoms with van der Waals surface area (Å²) in [5, 5.41) is 2.78. The first-order chi connectivity index (χ1) is 16.5. The summed E-state index contributed by atoms with van der Waals surface area (Å²) < 4.78 is 23.9. The number of pyridine rings is 1. The molecule has 0 fully saturated rings. The number of anilines is 1. The number of nitrogens with one attached hydrogen (secondary N) is 1. The van der Waals surface area contributed by atoms with E-state index >= 15 is 0 Å². The third-order valence-corrected chi connectivity index (χ3v) is 8.16. The molecule has 1 N–H and O–H groups in total. The van der Waals surface area contributed by atoms with Crippen LogP contribution in [-0.4, -0.2) is 40.8 Å². The molecule has 0 saturated heterocycles. The van der Waals surface area contributed by atoms with Gasteiger partial charge in [-0.25, -0.2) is 23.4 Å². The molecular weight excluding hydrogens is 464 g/mol. The number of ketones is 1. The van der Waals surface area contributed by atoms with Crippen molar-refractivity contribution in [2.24, 2.45) is 0 Å². The van der Waals surface area contributed by atoms with E-state index in [1.54, 1.807) is 31.2 Å². The maximum atomic E-state index is 13.4. The van der Waals surface area contributed by atoms with Crippen molar-refractivity contribution in [2.45, 2.75) is 57.3 Å². The summed E-state index contributed by atoms with van der Waals surface area (Å²) in [6.07, 6.45) is 1.22. The maximum absolute atomic E-state index is 13.4. The van der Waals surface area contributed by atoms with Gasteiger partial charge in [0.2, 0.25) is 5.91 Å². The number of carbonyl (C=O) groups is 2. The van der Waals surface area contributed by atoms with Crippen molar-refractivity contribution in [3.05, 3.63) is 76.5 Å². The lowest BCUT2D eigenvalue weighted by atomic mass is 9.71. The Labute approximate surface area is 205 Å². The quantitative estimate of drug-likeness (QED) is 0.559. The monoisotopic (exact) mass is 492 g/mol. The molecule has 0 radical (unpaired) electrons. The van der Waals surface area contributed by atoms with Gasteiger partial charge in [0.05, 0.1) is 33.9 Å². The van der Waals surface area contributed by atoms with E-state index in [0.717, 1.165) is 5.69 Å². The van der Waals surface area contributed by atoms with Crippen LogP contribution in [0.15, 0.2) is 47.4 Å². The zero-order valence-corrected chi connectivity index (χ0v) is 21.1. The Balaban J connectivity index is 1.48. The zero-order valence-electron chi connectivity index (χ0n) is 20.3. The van der Waals surface area contributed by atoms with Crippen molar-refractivity contribution in [1.29, 1.82) is 0 Å². The van der Waals surface area contributed by atoms with E-state index in [0.29, 0.717) is 47.0 Å². The van der Waals surface area contributed by atoms with E-state index in [1.807, 2.05) is 26.8 Å². The molecule has 2 aromatic heterocycles. The predicted molar refractivity (Wildman–Crippen MR) is 132 cm³/mol. The lowest BCUT2D eigenvalue weighted by molar-refractivity contribution is -0.115. The van der Waals surface area contributed by atoms with Crippen molar-refractivity contribution >= 4 is 27.3 Å². The SMILES string of the molecule is CCS(=O)(=O)c1ccc(CC(=O)Nc2ccc3c(n2)CCC(C)(c2cc(C)nc(C)n2)C3=O)cc1. The average molecular weight is 493 g/mol. The molecule has 0 aliphatic heterocycles. The Morgan fingerprint density at radius 1 is 1.06 bits per heavy atom. The van der Waals surface area contributed by atoms with Crippen LogP contribution < -0.4 is 5.32 Å². The third-order valence-electron chi connectivity index (χ3n) is 6.41. The second-order valence-electron chi connectivity index (χ2n) is 9.07. The lowest BCUT2D eigenvalue weighted by Crippen LogP contribution is -2.39. The fraction of sp³-hybridized carbons (Fsp3) is 0.346. The molecule has 0 spiro atoms. The van der Waals surface area contributed by atoms with Gasteiger partial charge in [-0.2, -0.15) is 0 Å². The Hall–Kier alpha value is -3.46. The number of carbonyl (C=O) groups excluding carboxylic acids is 2. The number of sulfone groups is 1.